The Balaban J connectivity index is 0.00000242. The first-order valence-corrected chi connectivity index (χ1v) is 7.66. The number of hydrogen-bond donors (Lipinski definition) is 4. The lowest BCUT2D eigenvalue weighted by Gasteiger charge is -2.06. The monoisotopic (exact) mass is 392 g/mol. The van der Waals surface area contributed by atoms with Crippen molar-refractivity contribution in [3.8, 4) is 0 Å². The molecule has 0 radical (unpaired) electrons. The highest BCUT2D eigenvalue weighted by Gasteiger charge is 2.23. The summed E-state index contributed by atoms with van der Waals surface area (Å²) in [6, 6.07) is 0. The molecule has 0 saturated carbocycles. The molecule has 124 valence electrons. The molecule has 1 aromatic heterocycles. The Morgan fingerprint density at radius 1 is 1.50 bits per heavy atom. The topological polar surface area (TPSA) is 110 Å². The van der Waals surface area contributed by atoms with Gasteiger partial charge in [-0.25, -0.2) is 4.98 Å². The van der Waals surface area contributed by atoms with Gasteiger partial charge in [0.2, 0.25) is 6.35 Å². The number of aliphatic hydroxyl groups excluding tert-OH is 1. The second-order valence-electron chi connectivity index (χ2n) is 4.67. The van der Waals surface area contributed by atoms with Gasteiger partial charge in [0, 0.05) is 17.0 Å². The number of nitrogens with two attached hydrogens (primary N) is 1. The van der Waals surface area contributed by atoms with Gasteiger partial charge < -0.3 is 26.2 Å². The van der Waals surface area contributed by atoms with E-state index in [9.17, 15) is 9.90 Å². The van der Waals surface area contributed by atoms with Crippen molar-refractivity contribution >= 4 is 45.1 Å². The molecule has 1 aliphatic rings. The van der Waals surface area contributed by atoms with Crippen LogP contribution < -0.4 is 16.4 Å². The van der Waals surface area contributed by atoms with Crippen molar-refractivity contribution in [1.82, 2.24) is 15.6 Å². The van der Waals surface area contributed by atoms with Crippen LogP contribution in [0.5, 0.6) is 0 Å². The number of aromatic nitrogens is 1. The SMILES string of the molecule is Br.CCOC(=O)CCCc1sc(N)nc1C1=C(C)NC(O)N1. The summed E-state index contributed by atoms with van der Waals surface area (Å²) in [5, 5.41) is 15.8. The number of nitrogens with one attached hydrogen (secondary N) is 2. The Bertz CT molecular complexity index is 561. The zero-order valence-corrected chi connectivity index (χ0v) is 15.0. The third-order valence-electron chi connectivity index (χ3n) is 3.05. The number of aliphatic hydroxyl groups is 1. The normalized spacial score (nSPS) is 16.8. The largest absolute Gasteiger partial charge is 0.466 e. The molecule has 9 heteroatoms. The molecule has 1 unspecified atom stereocenters. The maximum absolute atomic E-state index is 11.4. The Hall–Kier alpha value is -1.32. The van der Waals surface area contributed by atoms with Gasteiger partial charge in [0.05, 0.1) is 12.3 Å². The van der Waals surface area contributed by atoms with Gasteiger partial charge in [0.15, 0.2) is 5.13 Å². The molecular weight excluding hydrogens is 372 g/mol. The van der Waals surface area contributed by atoms with E-state index in [1.807, 2.05) is 6.92 Å². The Morgan fingerprint density at radius 2 is 2.23 bits per heavy atom. The van der Waals surface area contributed by atoms with Gasteiger partial charge in [0.25, 0.3) is 0 Å². The molecule has 0 aliphatic carbocycles. The van der Waals surface area contributed by atoms with Crippen LogP contribution in [0, 0.1) is 0 Å². The summed E-state index contributed by atoms with van der Waals surface area (Å²) in [6.45, 7) is 4.05. The predicted molar refractivity (Wildman–Crippen MR) is 91.3 cm³/mol. The molecule has 0 bridgehead atoms. The number of nitrogen functional groups attached to an aromatic ring is 1. The minimum Gasteiger partial charge on any atom is -0.466 e. The van der Waals surface area contributed by atoms with Crippen LogP contribution in [-0.4, -0.2) is 29.0 Å². The van der Waals surface area contributed by atoms with Crippen LogP contribution in [0.4, 0.5) is 5.13 Å². The van der Waals surface area contributed by atoms with Gasteiger partial charge in [0.1, 0.15) is 5.69 Å². The second-order valence-corrected chi connectivity index (χ2v) is 5.79. The first kappa shape index (κ1) is 18.7. The molecule has 1 aromatic rings. The van der Waals surface area contributed by atoms with Crippen molar-refractivity contribution in [3.63, 3.8) is 0 Å². The van der Waals surface area contributed by atoms with E-state index in [0.29, 0.717) is 31.0 Å². The predicted octanol–water partition coefficient (Wildman–Crippen LogP) is 1.35. The van der Waals surface area contributed by atoms with Crippen LogP contribution in [0.1, 0.15) is 37.3 Å². The lowest BCUT2D eigenvalue weighted by Crippen LogP contribution is -2.31. The van der Waals surface area contributed by atoms with Crippen molar-refractivity contribution in [2.75, 3.05) is 12.3 Å². The molecule has 0 saturated heterocycles. The van der Waals surface area contributed by atoms with Crippen molar-refractivity contribution in [1.29, 1.82) is 0 Å². The fraction of sp³-hybridized carbons (Fsp3) is 0.538. The van der Waals surface area contributed by atoms with Crippen molar-refractivity contribution in [2.24, 2.45) is 0 Å². The van der Waals surface area contributed by atoms with E-state index in [-0.39, 0.29) is 23.0 Å². The molecule has 1 aliphatic heterocycles. The first-order chi connectivity index (χ1) is 10.0. The molecule has 5 N–H and O–H groups in total. The summed E-state index contributed by atoms with van der Waals surface area (Å²) in [6.07, 6.45) is 0.931. The number of nitrogens with zero attached hydrogens (tertiary/aromatic N) is 1. The number of halogens is 1. The summed E-state index contributed by atoms with van der Waals surface area (Å²) in [5.41, 5.74) is 8.10. The summed E-state index contributed by atoms with van der Waals surface area (Å²) >= 11 is 1.40. The van der Waals surface area contributed by atoms with Crippen molar-refractivity contribution in [3.05, 3.63) is 16.3 Å². The van der Waals surface area contributed by atoms with Crippen LogP contribution in [0.25, 0.3) is 5.70 Å². The van der Waals surface area contributed by atoms with Gasteiger partial charge in [-0.05, 0) is 26.7 Å². The minimum atomic E-state index is -0.810. The lowest BCUT2D eigenvalue weighted by atomic mass is 10.1. The maximum atomic E-state index is 11.4. The highest BCUT2D eigenvalue weighted by Crippen LogP contribution is 2.29. The zero-order valence-electron chi connectivity index (χ0n) is 12.5. The number of aryl methyl sites for hydroxylation is 1. The molecule has 0 amide bonds. The van der Waals surface area contributed by atoms with E-state index in [1.165, 1.54) is 11.3 Å². The molecule has 0 fully saturated rings. The lowest BCUT2D eigenvalue weighted by molar-refractivity contribution is -0.143. The number of hydrogen-bond acceptors (Lipinski definition) is 8. The standard InChI is InChI=1S/C13H20N4O3S.BrH/c1-3-20-9(18)6-4-5-8-11(16-12(14)21-8)10-7(2)15-13(19)17-10;/h13,15,17,19H,3-6H2,1-2H3,(H2,14,16);1H. The third kappa shape index (κ3) is 4.59. The van der Waals surface area contributed by atoms with Crippen LogP contribution in [-0.2, 0) is 16.0 Å². The number of esters is 1. The van der Waals surface area contributed by atoms with E-state index in [4.69, 9.17) is 10.5 Å². The zero-order chi connectivity index (χ0) is 15.4. The first-order valence-electron chi connectivity index (χ1n) is 6.84. The molecule has 7 nitrogen and oxygen atoms in total. The van der Waals surface area contributed by atoms with Gasteiger partial charge in [-0.3, -0.25) is 4.79 Å². The molecule has 2 heterocycles. The average Bonchev–Trinajstić information content (AvgIpc) is 2.92. The number of rotatable bonds is 6. The van der Waals surface area contributed by atoms with Crippen LogP contribution in [0.15, 0.2) is 5.70 Å². The van der Waals surface area contributed by atoms with Gasteiger partial charge >= 0.3 is 5.97 Å². The second kappa shape index (κ2) is 8.35. The summed E-state index contributed by atoms with van der Waals surface area (Å²) in [4.78, 5) is 16.7. The van der Waals surface area contributed by atoms with E-state index < -0.39 is 6.35 Å². The van der Waals surface area contributed by atoms with Gasteiger partial charge in [-0.1, -0.05) is 0 Å². The van der Waals surface area contributed by atoms with E-state index in [0.717, 1.165) is 22.0 Å². The smallest absolute Gasteiger partial charge is 0.305 e. The molecule has 1 atom stereocenters. The molecular formula is C13H21BrN4O3S. The number of allylic oxidation sites excluding steroid dienone is 1. The maximum Gasteiger partial charge on any atom is 0.305 e. The highest BCUT2D eigenvalue weighted by molar-refractivity contribution is 8.93. The number of ether oxygens (including phenoxy) is 1. The fourth-order valence-corrected chi connectivity index (χ4v) is 3.05. The Labute approximate surface area is 143 Å². The number of carbonyl (C=O) groups is 1. The van der Waals surface area contributed by atoms with Crippen LogP contribution in [0.3, 0.4) is 0 Å². The summed E-state index contributed by atoms with van der Waals surface area (Å²) in [5.74, 6) is -0.192. The number of thiazole rings is 1. The van der Waals surface area contributed by atoms with Gasteiger partial charge in [-0.15, -0.1) is 28.3 Å². The van der Waals surface area contributed by atoms with Crippen LogP contribution in [0.2, 0.25) is 0 Å². The highest BCUT2D eigenvalue weighted by atomic mass is 79.9. The summed E-state index contributed by atoms with van der Waals surface area (Å²) < 4.78 is 4.91. The third-order valence-corrected chi connectivity index (χ3v) is 3.99. The van der Waals surface area contributed by atoms with Crippen molar-refractivity contribution < 1.29 is 14.6 Å². The van der Waals surface area contributed by atoms with Crippen molar-refractivity contribution in [2.45, 2.75) is 39.5 Å². The molecule has 0 aromatic carbocycles. The van der Waals surface area contributed by atoms with Crippen LogP contribution >= 0.6 is 28.3 Å². The number of carbonyl (C=O) groups excluding carboxylic acids is 1. The van der Waals surface area contributed by atoms with E-state index in [2.05, 4.69) is 15.6 Å². The summed E-state index contributed by atoms with van der Waals surface area (Å²) in [7, 11) is 0. The Morgan fingerprint density at radius 3 is 2.82 bits per heavy atom. The molecule has 0 spiro atoms. The van der Waals surface area contributed by atoms with E-state index >= 15 is 0 Å². The fourth-order valence-electron chi connectivity index (χ4n) is 2.17. The molecule has 2 rings (SSSR count). The quantitative estimate of drug-likeness (QED) is 0.540. The van der Waals surface area contributed by atoms with Gasteiger partial charge in [-0.2, -0.15) is 0 Å². The molecule has 22 heavy (non-hydrogen) atoms. The van der Waals surface area contributed by atoms with E-state index in [1.54, 1.807) is 6.92 Å². The average molecular weight is 393 g/mol. The Kier molecular flexibility index (Phi) is 7.11. The number of anilines is 1. The minimum absolute atomic E-state index is 0.